The summed E-state index contributed by atoms with van der Waals surface area (Å²) in [6, 6.07) is 14.2. The van der Waals surface area contributed by atoms with Gasteiger partial charge in [-0.1, -0.05) is 36.4 Å². The van der Waals surface area contributed by atoms with E-state index < -0.39 is 0 Å². The lowest BCUT2D eigenvalue weighted by atomic mass is 10.1. The van der Waals surface area contributed by atoms with Gasteiger partial charge in [0.2, 0.25) is 17.2 Å². The Bertz CT molecular complexity index is 837. The van der Waals surface area contributed by atoms with Crippen LogP contribution in [-0.4, -0.2) is 20.5 Å². The topological polar surface area (TPSA) is 62.7 Å². The highest BCUT2D eigenvalue weighted by Crippen LogP contribution is 2.25. The molecule has 0 aliphatic carbocycles. The van der Waals surface area contributed by atoms with Crippen molar-refractivity contribution in [3.63, 3.8) is 0 Å². The number of hydrogen-bond acceptors (Lipinski definition) is 5. The molecule has 0 saturated heterocycles. The number of halogens is 1. The van der Waals surface area contributed by atoms with Gasteiger partial charge in [-0.2, -0.15) is 15.0 Å². The van der Waals surface area contributed by atoms with Crippen molar-refractivity contribution >= 4 is 40.0 Å². The molecule has 1 heterocycles. The number of hydrogen-bond donors (Lipinski definition) is 2. The zero-order valence-corrected chi connectivity index (χ0v) is 14.0. The van der Waals surface area contributed by atoms with Crippen LogP contribution in [0.2, 0.25) is 5.28 Å². The third-order valence-electron chi connectivity index (χ3n) is 3.13. The summed E-state index contributed by atoms with van der Waals surface area (Å²) in [5, 5.41) is 8.81. The predicted octanol–water partition coefficient (Wildman–Crippen LogP) is 4.63. The summed E-state index contributed by atoms with van der Waals surface area (Å²) in [7, 11) is 0. The average Bonchev–Trinajstić information content (AvgIpc) is 2.45. The first-order valence-electron chi connectivity index (χ1n) is 7.35. The fourth-order valence-corrected chi connectivity index (χ4v) is 2.41. The Morgan fingerprint density at radius 1 is 0.870 bits per heavy atom. The Labute approximate surface area is 140 Å². The van der Waals surface area contributed by atoms with Gasteiger partial charge in [-0.25, -0.2) is 0 Å². The summed E-state index contributed by atoms with van der Waals surface area (Å²) in [5.74, 6) is 0.855. The Kier molecular flexibility index (Phi) is 4.05. The lowest BCUT2D eigenvalue weighted by Gasteiger charge is -2.20. The largest absolute Gasteiger partial charge is 0.349 e. The van der Waals surface area contributed by atoms with E-state index in [1.807, 2.05) is 45.0 Å². The van der Waals surface area contributed by atoms with Crippen molar-refractivity contribution < 1.29 is 0 Å². The molecule has 0 unspecified atom stereocenters. The van der Waals surface area contributed by atoms with E-state index in [0.29, 0.717) is 11.9 Å². The maximum atomic E-state index is 6.02. The first-order chi connectivity index (χ1) is 10.9. The minimum Gasteiger partial charge on any atom is -0.349 e. The molecule has 3 aromatic rings. The standard InChI is InChI=1S/C17H18ClN5/c1-17(2,3)23-16-21-14(18)20-15(22-16)19-13-10-6-8-11-7-4-5-9-12(11)13/h4-10H,1-3H3,(H2,19,20,21,22,23). The van der Waals surface area contributed by atoms with Crippen molar-refractivity contribution in [1.29, 1.82) is 0 Å². The highest BCUT2D eigenvalue weighted by Gasteiger charge is 2.13. The Morgan fingerprint density at radius 3 is 2.35 bits per heavy atom. The van der Waals surface area contributed by atoms with Crippen molar-refractivity contribution in [2.24, 2.45) is 0 Å². The highest BCUT2D eigenvalue weighted by atomic mass is 35.5. The van der Waals surface area contributed by atoms with Gasteiger partial charge in [0.15, 0.2) is 0 Å². The second kappa shape index (κ2) is 6.01. The van der Waals surface area contributed by atoms with E-state index in [9.17, 15) is 0 Å². The number of fused-ring (bicyclic) bond motifs is 1. The molecule has 2 N–H and O–H groups in total. The van der Waals surface area contributed by atoms with Crippen molar-refractivity contribution in [3.05, 3.63) is 47.7 Å². The summed E-state index contributed by atoms with van der Waals surface area (Å²) >= 11 is 6.02. The van der Waals surface area contributed by atoms with Crippen molar-refractivity contribution in [3.8, 4) is 0 Å². The maximum absolute atomic E-state index is 6.02. The van der Waals surface area contributed by atoms with E-state index in [1.54, 1.807) is 0 Å². The number of nitrogens with one attached hydrogen (secondary N) is 2. The number of rotatable bonds is 3. The zero-order valence-electron chi connectivity index (χ0n) is 13.3. The number of nitrogens with zero attached hydrogens (tertiary/aromatic N) is 3. The van der Waals surface area contributed by atoms with Crippen LogP contribution in [0.25, 0.3) is 10.8 Å². The van der Waals surface area contributed by atoms with E-state index in [4.69, 9.17) is 11.6 Å². The molecule has 0 bridgehead atoms. The van der Waals surface area contributed by atoms with Crippen LogP contribution >= 0.6 is 11.6 Å². The fourth-order valence-electron chi connectivity index (χ4n) is 2.25. The molecule has 3 rings (SSSR count). The summed E-state index contributed by atoms with van der Waals surface area (Å²) in [5.41, 5.74) is 0.758. The van der Waals surface area contributed by atoms with Gasteiger partial charge in [-0.3, -0.25) is 0 Å². The van der Waals surface area contributed by atoms with Crippen LogP contribution in [0.5, 0.6) is 0 Å². The Balaban J connectivity index is 1.96. The van der Waals surface area contributed by atoms with Crippen molar-refractivity contribution in [1.82, 2.24) is 15.0 Å². The molecular formula is C17H18ClN5. The Morgan fingerprint density at radius 2 is 1.57 bits per heavy atom. The zero-order chi connectivity index (χ0) is 16.4. The molecule has 1 aromatic heterocycles. The minimum absolute atomic E-state index is 0.148. The van der Waals surface area contributed by atoms with Gasteiger partial charge in [0.25, 0.3) is 0 Å². The third kappa shape index (κ3) is 3.87. The van der Waals surface area contributed by atoms with Gasteiger partial charge in [0, 0.05) is 16.6 Å². The van der Waals surface area contributed by atoms with E-state index in [-0.39, 0.29) is 10.8 Å². The highest BCUT2D eigenvalue weighted by molar-refractivity contribution is 6.28. The second-order valence-corrected chi connectivity index (χ2v) is 6.62. The van der Waals surface area contributed by atoms with E-state index in [2.05, 4.69) is 43.8 Å². The van der Waals surface area contributed by atoms with Crippen LogP contribution in [0.3, 0.4) is 0 Å². The summed E-state index contributed by atoms with van der Waals surface area (Å²) in [6.07, 6.45) is 0. The number of aromatic nitrogens is 3. The van der Waals surface area contributed by atoms with Crippen LogP contribution in [0.4, 0.5) is 17.6 Å². The molecule has 23 heavy (non-hydrogen) atoms. The van der Waals surface area contributed by atoms with Gasteiger partial charge in [0.1, 0.15) is 0 Å². The molecule has 0 atom stereocenters. The van der Waals surface area contributed by atoms with Crippen LogP contribution < -0.4 is 10.6 Å². The first kappa shape index (κ1) is 15.5. The lowest BCUT2D eigenvalue weighted by molar-refractivity contribution is 0.625. The van der Waals surface area contributed by atoms with Crippen molar-refractivity contribution in [2.45, 2.75) is 26.3 Å². The molecule has 0 fully saturated rings. The maximum Gasteiger partial charge on any atom is 0.233 e. The molecule has 0 amide bonds. The normalized spacial score (nSPS) is 11.5. The van der Waals surface area contributed by atoms with E-state index in [0.717, 1.165) is 16.5 Å². The predicted molar refractivity (Wildman–Crippen MR) is 95.4 cm³/mol. The average molecular weight is 328 g/mol. The van der Waals surface area contributed by atoms with Gasteiger partial charge >= 0.3 is 0 Å². The van der Waals surface area contributed by atoms with Gasteiger partial charge in [-0.05, 0) is 43.8 Å². The SMILES string of the molecule is CC(C)(C)Nc1nc(Cl)nc(Nc2cccc3ccccc23)n1. The molecule has 0 saturated carbocycles. The molecule has 6 heteroatoms. The van der Waals surface area contributed by atoms with Gasteiger partial charge in [0.05, 0.1) is 0 Å². The molecule has 5 nitrogen and oxygen atoms in total. The molecule has 2 aromatic carbocycles. The quantitative estimate of drug-likeness (QED) is 0.734. The monoisotopic (exact) mass is 327 g/mol. The Hall–Kier alpha value is -2.40. The van der Waals surface area contributed by atoms with Crippen molar-refractivity contribution in [2.75, 3.05) is 10.6 Å². The molecule has 118 valence electrons. The van der Waals surface area contributed by atoms with Crippen LogP contribution in [-0.2, 0) is 0 Å². The fraction of sp³-hybridized carbons (Fsp3) is 0.235. The van der Waals surface area contributed by atoms with Gasteiger partial charge < -0.3 is 10.6 Å². The summed E-state index contributed by atoms with van der Waals surface area (Å²) in [6.45, 7) is 6.09. The summed E-state index contributed by atoms with van der Waals surface area (Å²) in [4.78, 5) is 12.7. The molecular weight excluding hydrogens is 310 g/mol. The van der Waals surface area contributed by atoms with Crippen LogP contribution in [0.15, 0.2) is 42.5 Å². The number of anilines is 3. The van der Waals surface area contributed by atoms with E-state index in [1.165, 1.54) is 0 Å². The summed E-state index contributed by atoms with van der Waals surface area (Å²) < 4.78 is 0. The molecule has 0 spiro atoms. The first-order valence-corrected chi connectivity index (χ1v) is 7.73. The molecule has 0 radical (unpaired) electrons. The van der Waals surface area contributed by atoms with Gasteiger partial charge in [-0.15, -0.1) is 0 Å². The van der Waals surface area contributed by atoms with Crippen LogP contribution in [0.1, 0.15) is 20.8 Å². The van der Waals surface area contributed by atoms with Crippen LogP contribution in [0, 0.1) is 0 Å². The number of benzene rings is 2. The molecule has 0 aliphatic rings. The minimum atomic E-state index is -0.165. The van der Waals surface area contributed by atoms with E-state index >= 15 is 0 Å². The molecule has 0 aliphatic heterocycles. The third-order valence-corrected chi connectivity index (χ3v) is 3.30. The second-order valence-electron chi connectivity index (χ2n) is 6.28. The lowest BCUT2D eigenvalue weighted by Crippen LogP contribution is -2.27. The smallest absolute Gasteiger partial charge is 0.233 e.